The zero-order valence-corrected chi connectivity index (χ0v) is 11.7. The highest BCUT2D eigenvalue weighted by molar-refractivity contribution is 7.89. The molecule has 1 aliphatic carbocycles. The van der Waals surface area contributed by atoms with Crippen LogP contribution in [0.3, 0.4) is 0 Å². The molecule has 1 aromatic rings. The zero-order valence-electron chi connectivity index (χ0n) is 10.8. The predicted octanol–water partition coefficient (Wildman–Crippen LogP) is 1.72. The molecule has 5 nitrogen and oxygen atoms in total. The number of benzene rings is 1. The summed E-state index contributed by atoms with van der Waals surface area (Å²) in [5.74, 6) is 0.127. The van der Waals surface area contributed by atoms with E-state index in [9.17, 15) is 13.2 Å². The van der Waals surface area contributed by atoms with E-state index in [1.807, 2.05) is 0 Å². The average Bonchev–Trinajstić information content (AvgIpc) is 2.93. The van der Waals surface area contributed by atoms with E-state index in [2.05, 4.69) is 10.0 Å². The molecule has 104 valence electrons. The molecule has 2 rings (SSSR count). The predicted molar refractivity (Wildman–Crippen MR) is 73.3 cm³/mol. The van der Waals surface area contributed by atoms with Crippen molar-refractivity contribution in [2.24, 2.45) is 5.92 Å². The molecule has 6 heteroatoms. The van der Waals surface area contributed by atoms with E-state index in [4.69, 9.17) is 0 Å². The Labute approximate surface area is 113 Å². The van der Waals surface area contributed by atoms with Crippen molar-refractivity contribution in [1.29, 1.82) is 0 Å². The third-order valence-electron chi connectivity index (χ3n) is 3.43. The van der Waals surface area contributed by atoms with Gasteiger partial charge in [0.1, 0.15) is 0 Å². The van der Waals surface area contributed by atoms with Gasteiger partial charge in [-0.25, -0.2) is 13.1 Å². The second-order valence-corrected chi connectivity index (χ2v) is 6.59. The second kappa shape index (κ2) is 5.71. The number of hydrogen-bond acceptors (Lipinski definition) is 3. The standard InChI is InChI=1S/C13H18N2O3S/c1-14-19(17,18)12-8-6-11(7-9-12)15-13(16)10-4-2-3-5-10/h6-10,14H,2-5H2,1H3,(H,15,16). The molecule has 2 N–H and O–H groups in total. The van der Waals surface area contributed by atoms with Crippen LogP contribution >= 0.6 is 0 Å². The van der Waals surface area contributed by atoms with Crippen LogP contribution in [0.15, 0.2) is 29.2 Å². The van der Waals surface area contributed by atoms with Crippen LogP contribution in [0.5, 0.6) is 0 Å². The Bertz CT molecular complexity index is 546. The first-order valence-electron chi connectivity index (χ1n) is 6.37. The molecule has 0 bridgehead atoms. The highest BCUT2D eigenvalue weighted by Gasteiger charge is 2.22. The maximum atomic E-state index is 11.9. The fraction of sp³-hybridized carbons (Fsp3) is 0.462. The molecule has 0 aromatic heterocycles. The normalized spacial score (nSPS) is 16.5. The Morgan fingerprint density at radius 3 is 2.26 bits per heavy atom. The lowest BCUT2D eigenvalue weighted by Crippen LogP contribution is -2.21. The monoisotopic (exact) mass is 282 g/mol. The zero-order chi connectivity index (χ0) is 13.9. The Morgan fingerprint density at radius 2 is 1.74 bits per heavy atom. The summed E-state index contributed by atoms with van der Waals surface area (Å²) >= 11 is 0. The van der Waals surface area contributed by atoms with Crippen molar-refractivity contribution >= 4 is 21.6 Å². The van der Waals surface area contributed by atoms with E-state index in [1.54, 1.807) is 12.1 Å². The van der Waals surface area contributed by atoms with E-state index < -0.39 is 10.0 Å². The van der Waals surface area contributed by atoms with Crippen LogP contribution in [0.25, 0.3) is 0 Å². The van der Waals surface area contributed by atoms with E-state index >= 15 is 0 Å². The first-order valence-corrected chi connectivity index (χ1v) is 7.86. The Balaban J connectivity index is 2.04. The van der Waals surface area contributed by atoms with Crippen molar-refractivity contribution in [3.05, 3.63) is 24.3 Å². The second-order valence-electron chi connectivity index (χ2n) is 4.70. The number of carbonyl (C=O) groups excluding carboxylic acids is 1. The van der Waals surface area contributed by atoms with Gasteiger partial charge in [0.15, 0.2) is 0 Å². The average molecular weight is 282 g/mol. The van der Waals surface area contributed by atoms with Crippen molar-refractivity contribution < 1.29 is 13.2 Å². The molecule has 1 amide bonds. The summed E-state index contributed by atoms with van der Waals surface area (Å²) in [6.07, 6.45) is 4.10. The minimum absolute atomic E-state index is 0.0294. The first kappa shape index (κ1) is 14.0. The maximum absolute atomic E-state index is 11.9. The fourth-order valence-electron chi connectivity index (χ4n) is 2.27. The van der Waals surface area contributed by atoms with Crippen molar-refractivity contribution in [3.63, 3.8) is 0 Å². The van der Waals surface area contributed by atoms with E-state index in [1.165, 1.54) is 19.2 Å². The summed E-state index contributed by atoms with van der Waals surface area (Å²) in [6, 6.07) is 6.18. The minimum atomic E-state index is -3.42. The van der Waals surface area contributed by atoms with Gasteiger partial charge in [0.05, 0.1) is 4.90 Å². The third kappa shape index (κ3) is 3.33. The van der Waals surface area contributed by atoms with Crippen molar-refractivity contribution in [2.45, 2.75) is 30.6 Å². The van der Waals surface area contributed by atoms with Crippen LogP contribution in [0.2, 0.25) is 0 Å². The van der Waals surface area contributed by atoms with Gasteiger partial charge in [-0.3, -0.25) is 4.79 Å². The molecule has 1 saturated carbocycles. The number of anilines is 1. The van der Waals surface area contributed by atoms with Gasteiger partial charge in [-0.15, -0.1) is 0 Å². The van der Waals surface area contributed by atoms with E-state index in [0.717, 1.165) is 25.7 Å². The molecule has 0 unspecified atom stereocenters. The van der Waals surface area contributed by atoms with Crippen molar-refractivity contribution in [1.82, 2.24) is 4.72 Å². The molecule has 0 atom stereocenters. The molecular weight excluding hydrogens is 264 g/mol. The van der Waals surface area contributed by atoms with Crippen LogP contribution in [-0.4, -0.2) is 21.4 Å². The Hall–Kier alpha value is -1.40. The first-order chi connectivity index (χ1) is 9.03. The SMILES string of the molecule is CNS(=O)(=O)c1ccc(NC(=O)C2CCCC2)cc1. The summed E-state index contributed by atoms with van der Waals surface area (Å²) in [4.78, 5) is 12.1. The topological polar surface area (TPSA) is 75.3 Å². The molecule has 0 spiro atoms. The van der Waals surface area contributed by atoms with Crippen LogP contribution in [-0.2, 0) is 14.8 Å². The quantitative estimate of drug-likeness (QED) is 0.883. The Kier molecular flexibility index (Phi) is 4.21. The van der Waals surface area contributed by atoms with Crippen LogP contribution in [0, 0.1) is 5.92 Å². The number of amides is 1. The van der Waals surface area contributed by atoms with Gasteiger partial charge >= 0.3 is 0 Å². The van der Waals surface area contributed by atoms with Crippen LogP contribution < -0.4 is 10.0 Å². The lowest BCUT2D eigenvalue weighted by atomic mass is 10.1. The van der Waals surface area contributed by atoms with Gasteiger partial charge in [-0.2, -0.15) is 0 Å². The highest BCUT2D eigenvalue weighted by atomic mass is 32.2. The molecule has 1 aliphatic rings. The number of carbonyl (C=O) groups is 1. The lowest BCUT2D eigenvalue weighted by Gasteiger charge is -2.10. The van der Waals surface area contributed by atoms with Crippen LogP contribution in [0.4, 0.5) is 5.69 Å². The highest BCUT2D eigenvalue weighted by Crippen LogP contribution is 2.26. The van der Waals surface area contributed by atoms with Gasteiger partial charge in [0.25, 0.3) is 0 Å². The molecule has 0 radical (unpaired) electrons. The molecule has 19 heavy (non-hydrogen) atoms. The lowest BCUT2D eigenvalue weighted by molar-refractivity contribution is -0.119. The summed E-state index contributed by atoms with van der Waals surface area (Å²) < 4.78 is 25.3. The number of nitrogens with one attached hydrogen (secondary N) is 2. The van der Waals surface area contributed by atoms with E-state index in [0.29, 0.717) is 5.69 Å². The van der Waals surface area contributed by atoms with Crippen LogP contribution in [0.1, 0.15) is 25.7 Å². The fourth-order valence-corrected chi connectivity index (χ4v) is 3.00. The summed E-state index contributed by atoms with van der Waals surface area (Å²) in [6.45, 7) is 0. The summed E-state index contributed by atoms with van der Waals surface area (Å²) in [5, 5.41) is 2.83. The molecule has 1 aromatic carbocycles. The van der Waals surface area contributed by atoms with Gasteiger partial charge in [0.2, 0.25) is 15.9 Å². The molecule has 0 heterocycles. The molecular formula is C13H18N2O3S. The maximum Gasteiger partial charge on any atom is 0.240 e. The van der Waals surface area contributed by atoms with Crippen molar-refractivity contribution in [3.8, 4) is 0 Å². The number of sulfonamides is 1. The van der Waals surface area contributed by atoms with Gasteiger partial charge in [-0.1, -0.05) is 12.8 Å². The van der Waals surface area contributed by atoms with Crippen molar-refractivity contribution in [2.75, 3.05) is 12.4 Å². The van der Waals surface area contributed by atoms with Gasteiger partial charge in [-0.05, 0) is 44.2 Å². The molecule has 0 aliphatic heterocycles. The summed E-state index contributed by atoms with van der Waals surface area (Å²) in [7, 11) is -2.06. The largest absolute Gasteiger partial charge is 0.326 e. The summed E-state index contributed by atoms with van der Waals surface area (Å²) in [5.41, 5.74) is 0.631. The molecule has 0 saturated heterocycles. The van der Waals surface area contributed by atoms with Gasteiger partial charge in [0, 0.05) is 11.6 Å². The Morgan fingerprint density at radius 1 is 1.16 bits per heavy atom. The number of rotatable bonds is 4. The van der Waals surface area contributed by atoms with Gasteiger partial charge < -0.3 is 5.32 Å². The number of hydrogen-bond donors (Lipinski definition) is 2. The molecule has 1 fully saturated rings. The smallest absolute Gasteiger partial charge is 0.240 e. The minimum Gasteiger partial charge on any atom is -0.326 e. The third-order valence-corrected chi connectivity index (χ3v) is 4.86. The van der Waals surface area contributed by atoms with E-state index in [-0.39, 0.29) is 16.7 Å².